The van der Waals surface area contributed by atoms with Crippen molar-refractivity contribution < 1.29 is 19.1 Å². The molecule has 1 aromatic rings. The van der Waals surface area contributed by atoms with E-state index < -0.39 is 11.9 Å². The SMILES string of the molecule is C=CCOC(=O)c1ccn2c1C(C(=O)OCC=C)CCCC2. The summed E-state index contributed by atoms with van der Waals surface area (Å²) in [6.07, 6.45) is 7.43. The van der Waals surface area contributed by atoms with E-state index in [1.165, 1.54) is 12.2 Å². The highest BCUT2D eigenvalue weighted by Gasteiger charge is 2.31. The van der Waals surface area contributed by atoms with Gasteiger partial charge in [-0.2, -0.15) is 0 Å². The Kier molecular flexibility index (Phi) is 5.58. The first-order valence-electron chi connectivity index (χ1n) is 7.43. The van der Waals surface area contributed by atoms with Crippen LogP contribution < -0.4 is 0 Å². The van der Waals surface area contributed by atoms with E-state index in [-0.39, 0.29) is 19.2 Å². The second-order valence-electron chi connectivity index (χ2n) is 5.16. The highest BCUT2D eigenvalue weighted by atomic mass is 16.5. The zero-order chi connectivity index (χ0) is 15.9. The maximum Gasteiger partial charge on any atom is 0.340 e. The smallest absolute Gasteiger partial charge is 0.340 e. The molecule has 1 aliphatic rings. The van der Waals surface area contributed by atoms with Crippen LogP contribution in [0.5, 0.6) is 0 Å². The van der Waals surface area contributed by atoms with Crippen LogP contribution in [0.3, 0.4) is 0 Å². The van der Waals surface area contributed by atoms with Crippen molar-refractivity contribution in [3.8, 4) is 0 Å². The molecule has 5 heteroatoms. The predicted octanol–water partition coefficient (Wildman–Crippen LogP) is 2.83. The number of ether oxygens (including phenoxy) is 2. The van der Waals surface area contributed by atoms with Gasteiger partial charge in [0.2, 0.25) is 0 Å². The summed E-state index contributed by atoms with van der Waals surface area (Å²) in [6.45, 7) is 8.18. The lowest BCUT2D eigenvalue weighted by atomic mass is 9.97. The fourth-order valence-corrected chi connectivity index (χ4v) is 2.69. The van der Waals surface area contributed by atoms with Crippen LogP contribution >= 0.6 is 0 Å². The largest absolute Gasteiger partial charge is 0.461 e. The fraction of sp³-hybridized carbons (Fsp3) is 0.412. The summed E-state index contributed by atoms with van der Waals surface area (Å²) in [5, 5.41) is 0. The molecule has 5 nitrogen and oxygen atoms in total. The number of fused-ring (bicyclic) bond motifs is 1. The van der Waals surface area contributed by atoms with Crippen LogP contribution in [0.15, 0.2) is 37.6 Å². The van der Waals surface area contributed by atoms with E-state index in [2.05, 4.69) is 13.2 Å². The van der Waals surface area contributed by atoms with Gasteiger partial charge in [0, 0.05) is 18.4 Å². The average molecular weight is 303 g/mol. The first kappa shape index (κ1) is 16.1. The van der Waals surface area contributed by atoms with Gasteiger partial charge in [-0.1, -0.05) is 31.7 Å². The molecule has 1 atom stereocenters. The van der Waals surface area contributed by atoms with Gasteiger partial charge in [0.1, 0.15) is 13.2 Å². The highest BCUT2D eigenvalue weighted by molar-refractivity contribution is 5.93. The zero-order valence-electron chi connectivity index (χ0n) is 12.6. The summed E-state index contributed by atoms with van der Waals surface area (Å²) in [7, 11) is 0. The summed E-state index contributed by atoms with van der Waals surface area (Å²) in [5.74, 6) is -1.19. The predicted molar refractivity (Wildman–Crippen MR) is 82.7 cm³/mol. The van der Waals surface area contributed by atoms with E-state index in [4.69, 9.17) is 9.47 Å². The van der Waals surface area contributed by atoms with Crippen LogP contribution in [0.1, 0.15) is 41.2 Å². The van der Waals surface area contributed by atoms with Crippen LogP contribution in [0.25, 0.3) is 0 Å². The number of esters is 2. The third kappa shape index (κ3) is 3.47. The Morgan fingerprint density at radius 1 is 1.23 bits per heavy atom. The highest BCUT2D eigenvalue weighted by Crippen LogP contribution is 2.31. The quantitative estimate of drug-likeness (QED) is 0.599. The number of nitrogens with zero attached hydrogens (tertiary/aromatic N) is 1. The molecule has 0 amide bonds. The normalized spacial score (nSPS) is 17.0. The number of rotatable bonds is 6. The fourth-order valence-electron chi connectivity index (χ4n) is 2.69. The molecular formula is C17H21NO4. The van der Waals surface area contributed by atoms with Gasteiger partial charge in [0.15, 0.2) is 0 Å². The monoisotopic (exact) mass is 303 g/mol. The molecule has 0 saturated heterocycles. The molecule has 2 rings (SSSR count). The topological polar surface area (TPSA) is 57.5 Å². The molecule has 118 valence electrons. The van der Waals surface area contributed by atoms with Gasteiger partial charge in [0.25, 0.3) is 0 Å². The number of aromatic nitrogens is 1. The minimum atomic E-state index is -0.441. The average Bonchev–Trinajstić information content (AvgIpc) is 2.83. The number of carbonyl (C=O) groups is 2. The van der Waals surface area contributed by atoms with E-state index in [9.17, 15) is 9.59 Å². The van der Waals surface area contributed by atoms with Crippen LogP contribution in [0.4, 0.5) is 0 Å². The summed E-state index contributed by atoms with van der Waals surface area (Å²) < 4.78 is 12.3. The Hall–Kier alpha value is -2.30. The van der Waals surface area contributed by atoms with E-state index in [1.807, 2.05) is 10.8 Å². The molecule has 0 radical (unpaired) electrons. The lowest BCUT2D eigenvalue weighted by molar-refractivity contribution is -0.144. The molecule has 1 aliphatic heterocycles. The Labute approximate surface area is 130 Å². The van der Waals surface area contributed by atoms with Crippen molar-refractivity contribution in [1.82, 2.24) is 4.57 Å². The third-order valence-corrected chi connectivity index (χ3v) is 3.66. The van der Waals surface area contributed by atoms with Crippen molar-refractivity contribution in [3.05, 3.63) is 48.8 Å². The first-order valence-corrected chi connectivity index (χ1v) is 7.43. The lowest BCUT2D eigenvalue weighted by Gasteiger charge is -2.16. The molecule has 2 heterocycles. The summed E-state index contributed by atoms with van der Waals surface area (Å²) >= 11 is 0. The van der Waals surface area contributed by atoms with Gasteiger partial charge >= 0.3 is 11.9 Å². The van der Waals surface area contributed by atoms with Gasteiger partial charge in [-0.3, -0.25) is 4.79 Å². The molecule has 0 saturated carbocycles. The van der Waals surface area contributed by atoms with Crippen molar-refractivity contribution in [1.29, 1.82) is 0 Å². The minimum Gasteiger partial charge on any atom is -0.461 e. The standard InChI is InChI=1S/C17H21NO4/c1-3-11-21-16(19)13-7-5-6-9-18-10-8-14(15(13)18)17(20)22-12-4-2/h3-4,8,10,13H,1-2,5-7,9,11-12H2. The van der Waals surface area contributed by atoms with Crippen molar-refractivity contribution in [2.75, 3.05) is 13.2 Å². The number of hydrogen-bond acceptors (Lipinski definition) is 4. The van der Waals surface area contributed by atoms with Gasteiger partial charge in [-0.05, 0) is 18.9 Å². The molecule has 0 spiro atoms. The number of carbonyl (C=O) groups excluding carboxylic acids is 2. The summed E-state index contributed by atoms with van der Waals surface area (Å²) in [6, 6.07) is 1.71. The minimum absolute atomic E-state index is 0.148. The Morgan fingerprint density at radius 2 is 1.95 bits per heavy atom. The molecule has 1 aromatic heterocycles. The maximum atomic E-state index is 12.3. The van der Waals surface area contributed by atoms with Gasteiger partial charge in [0.05, 0.1) is 11.5 Å². The van der Waals surface area contributed by atoms with Gasteiger partial charge in [-0.25, -0.2) is 4.79 Å². The van der Waals surface area contributed by atoms with Crippen LogP contribution in [0.2, 0.25) is 0 Å². The Balaban J connectivity index is 2.30. The van der Waals surface area contributed by atoms with Crippen LogP contribution in [0, 0.1) is 0 Å². The molecule has 22 heavy (non-hydrogen) atoms. The molecule has 0 bridgehead atoms. The first-order chi connectivity index (χ1) is 10.7. The molecular weight excluding hydrogens is 282 g/mol. The molecule has 0 aromatic carbocycles. The maximum absolute atomic E-state index is 12.3. The number of hydrogen-bond donors (Lipinski definition) is 0. The molecule has 1 unspecified atom stereocenters. The van der Waals surface area contributed by atoms with Crippen molar-refractivity contribution in [3.63, 3.8) is 0 Å². The van der Waals surface area contributed by atoms with E-state index in [1.54, 1.807) is 6.07 Å². The van der Waals surface area contributed by atoms with Gasteiger partial charge < -0.3 is 14.0 Å². The molecule has 0 N–H and O–H groups in total. The zero-order valence-corrected chi connectivity index (χ0v) is 12.6. The Morgan fingerprint density at radius 3 is 2.68 bits per heavy atom. The van der Waals surface area contributed by atoms with Crippen molar-refractivity contribution in [2.24, 2.45) is 0 Å². The van der Waals surface area contributed by atoms with Crippen LogP contribution in [-0.2, 0) is 20.8 Å². The lowest BCUT2D eigenvalue weighted by Crippen LogP contribution is -2.21. The molecule has 0 aliphatic carbocycles. The van der Waals surface area contributed by atoms with Crippen LogP contribution in [-0.4, -0.2) is 29.7 Å². The van der Waals surface area contributed by atoms with Crippen molar-refractivity contribution >= 4 is 11.9 Å². The second-order valence-corrected chi connectivity index (χ2v) is 5.16. The Bertz CT molecular complexity index is 573. The number of aryl methyl sites for hydroxylation is 1. The van der Waals surface area contributed by atoms with E-state index in [0.717, 1.165) is 19.4 Å². The summed E-state index contributed by atoms with van der Waals surface area (Å²) in [4.78, 5) is 24.5. The third-order valence-electron chi connectivity index (χ3n) is 3.66. The van der Waals surface area contributed by atoms with Crippen molar-refractivity contribution in [2.45, 2.75) is 31.7 Å². The van der Waals surface area contributed by atoms with E-state index >= 15 is 0 Å². The summed E-state index contributed by atoms with van der Waals surface area (Å²) in [5.41, 5.74) is 1.13. The van der Waals surface area contributed by atoms with Gasteiger partial charge in [-0.15, -0.1) is 0 Å². The molecule has 0 fully saturated rings. The second kappa shape index (κ2) is 7.64. The van der Waals surface area contributed by atoms with E-state index in [0.29, 0.717) is 17.7 Å².